The van der Waals surface area contributed by atoms with E-state index in [4.69, 9.17) is 21.3 Å². The molecule has 0 aromatic heterocycles. The average molecular weight is 552 g/mol. The van der Waals surface area contributed by atoms with Gasteiger partial charge in [-0.05, 0) is 44.9 Å². The summed E-state index contributed by atoms with van der Waals surface area (Å²) >= 11 is 6.33. The lowest BCUT2D eigenvalue weighted by atomic mass is 10.1. The molecule has 1 saturated heterocycles. The van der Waals surface area contributed by atoms with Gasteiger partial charge in [0.2, 0.25) is 5.91 Å². The molecule has 0 atom stereocenters. The maximum atomic E-state index is 12.0. The van der Waals surface area contributed by atoms with E-state index in [9.17, 15) is 4.79 Å². The molecule has 1 aliphatic rings. The van der Waals surface area contributed by atoms with Crippen molar-refractivity contribution >= 4 is 47.4 Å². The predicted molar refractivity (Wildman–Crippen MR) is 134 cm³/mol. The molecule has 1 heterocycles. The van der Waals surface area contributed by atoms with Crippen LogP contribution in [0, 0.1) is 0 Å². The number of guanidine groups is 1. The minimum absolute atomic E-state index is 0. The number of methoxy groups -OCH3 is 1. The lowest BCUT2D eigenvalue weighted by molar-refractivity contribution is -0.123. The molecular weight excluding hydrogens is 517 g/mol. The van der Waals surface area contributed by atoms with Crippen molar-refractivity contribution in [3.05, 3.63) is 28.8 Å². The molecule has 30 heavy (non-hydrogen) atoms. The van der Waals surface area contributed by atoms with Gasteiger partial charge in [-0.25, -0.2) is 0 Å². The minimum Gasteiger partial charge on any atom is -0.497 e. The summed E-state index contributed by atoms with van der Waals surface area (Å²) in [5.74, 6) is 1.77. The summed E-state index contributed by atoms with van der Waals surface area (Å²) in [6.45, 7) is 11.4. The van der Waals surface area contributed by atoms with Crippen LogP contribution >= 0.6 is 35.6 Å². The summed E-state index contributed by atoms with van der Waals surface area (Å²) < 4.78 is 5.20. The molecule has 0 bridgehead atoms. The van der Waals surface area contributed by atoms with Crippen molar-refractivity contribution < 1.29 is 9.53 Å². The topological polar surface area (TPSA) is 69.2 Å². The van der Waals surface area contributed by atoms with E-state index in [1.165, 1.54) is 0 Å². The Bertz CT molecular complexity index is 694. The number of piperazine rings is 1. The third-order valence-electron chi connectivity index (χ3n) is 4.73. The number of nitrogens with one attached hydrogen (secondary N) is 2. The summed E-state index contributed by atoms with van der Waals surface area (Å²) in [6, 6.07) is 5.92. The summed E-state index contributed by atoms with van der Waals surface area (Å²) in [5.41, 5.74) is 1.06. The van der Waals surface area contributed by atoms with Crippen molar-refractivity contribution in [1.29, 1.82) is 0 Å². The van der Waals surface area contributed by atoms with Gasteiger partial charge in [0.1, 0.15) is 5.75 Å². The fourth-order valence-corrected chi connectivity index (χ4v) is 3.52. The van der Waals surface area contributed by atoms with E-state index in [0.717, 1.165) is 56.4 Å². The molecule has 1 aromatic carbocycles. The van der Waals surface area contributed by atoms with E-state index in [1.54, 1.807) is 7.11 Å². The quantitative estimate of drug-likeness (QED) is 0.295. The van der Waals surface area contributed by atoms with E-state index in [0.29, 0.717) is 18.1 Å². The molecule has 0 unspecified atom stereocenters. The number of ether oxygens (including phenoxy) is 1. The highest BCUT2D eigenvalue weighted by Gasteiger charge is 2.21. The van der Waals surface area contributed by atoms with Crippen LogP contribution in [0.2, 0.25) is 5.02 Å². The fourth-order valence-electron chi connectivity index (χ4n) is 3.25. The van der Waals surface area contributed by atoms with Crippen molar-refractivity contribution in [2.75, 3.05) is 52.9 Å². The van der Waals surface area contributed by atoms with Crippen molar-refractivity contribution in [2.45, 2.75) is 33.2 Å². The number of benzene rings is 1. The molecule has 9 heteroatoms. The highest BCUT2D eigenvalue weighted by Crippen LogP contribution is 2.22. The molecule has 0 radical (unpaired) electrons. The Morgan fingerprint density at radius 3 is 2.53 bits per heavy atom. The molecule has 0 saturated carbocycles. The van der Waals surface area contributed by atoms with Gasteiger partial charge in [0.15, 0.2) is 5.96 Å². The second-order valence-corrected chi connectivity index (χ2v) is 7.84. The van der Waals surface area contributed by atoms with Gasteiger partial charge in [0, 0.05) is 50.3 Å². The number of carbonyl (C=O) groups is 1. The summed E-state index contributed by atoms with van der Waals surface area (Å²) in [4.78, 5) is 21.2. The zero-order valence-corrected chi connectivity index (χ0v) is 21.5. The third kappa shape index (κ3) is 8.85. The number of carbonyl (C=O) groups excluding carboxylic acids is 1. The number of rotatable bonds is 8. The van der Waals surface area contributed by atoms with E-state index in [1.807, 2.05) is 32.0 Å². The first kappa shape index (κ1) is 26.8. The van der Waals surface area contributed by atoms with Gasteiger partial charge >= 0.3 is 0 Å². The smallest absolute Gasteiger partial charge is 0.234 e. The molecule has 0 aliphatic carbocycles. The molecule has 2 N–H and O–H groups in total. The minimum atomic E-state index is 0. The Kier molecular flexibility index (Phi) is 12.4. The van der Waals surface area contributed by atoms with Gasteiger partial charge in [0.05, 0.1) is 13.7 Å². The Labute approximate surface area is 202 Å². The largest absolute Gasteiger partial charge is 0.497 e. The van der Waals surface area contributed by atoms with Crippen LogP contribution < -0.4 is 15.4 Å². The maximum Gasteiger partial charge on any atom is 0.234 e. The second kappa shape index (κ2) is 13.9. The zero-order valence-electron chi connectivity index (χ0n) is 18.4. The van der Waals surface area contributed by atoms with Gasteiger partial charge in [-0.1, -0.05) is 17.7 Å². The lowest BCUT2D eigenvalue weighted by Gasteiger charge is -2.36. The first-order valence-electron chi connectivity index (χ1n) is 10.3. The van der Waals surface area contributed by atoms with Gasteiger partial charge in [-0.3, -0.25) is 14.7 Å². The van der Waals surface area contributed by atoms with Crippen LogP contribution in [-0.2, 0) is 11.2 Å². The first-order valence-corrected chi connectivity index (χ1v) is 10.7. The number of aliphatic imine (C=N–C) groups is 1. The second-order valence-electron chi connectivity index (χ2n) is 7.43. The predicted octanol–water partition coefficient (Wildman–Crippen LogP) is 2.62. The van der Waals surface area contributed by atoms with Crippen LogP contribution in [-0.4, -0.2) is 80.6 Å². The van der Waals surface area contributed by atoms with Crippen molar-refractivity contribution in [3.8, 4) is 5.75 Å². The summed E-state index contributed by atoms with van der Waals surface area (Å²) in [6.07, 6.45) is 0.771. The molecule has 170 valence electrons. The van der Waals surface area contributed by atoms with E-state index in [-0.39, 0.29) is 35.9 Å². The normalized spacial score (nSPS) is 15.0. The lowest BCUT2D eigenvalue weighted by Crippen LogP contribution is -2.54. The molecule has 7 nitrogen and oxygen atoms in total. The first-order chi connectivity index (χ1) is 13.9. The Morgan fingerprint density at radius 2 is 1.97 bits per heavy atom. The number of amides is 1. The number of nitrogens with zero attached hydrogens (tertiary/aromatic N) is 3. The molecular formula is C21H35ClIN5O2. The van der Waals surface area contributed by atoms with E-state index < -0.39 is 0 Å². The van der Waals surface area contributed by atoms with Gasteiger partial charge < -0.3 is 20.3 Å². The SMILES string of the molecule is CCNC(=NCCc1ccc(OC)cc1Cl)N1CCN(CC(=O)NC(C)C)CC1.I. The third-order valence-corrected chi connectivity index (χ3v) is 5.08. The van der Waals surface area contributed by atoms with Crippen molar-refractivity contribution in [3.63, 3.8) is 0 Å². The average Bonchev–Trinajstić information content (AvgIpc) is 2.68. The molecule has 1 aromatic rings. The van der Waals surface area contributed by atoms with Crippen LogP contribution in [0.15, 0.2) is 23.2 Å². The standard InChI is InChI=1S/C21H34ClN5O2.HI/c1-5-23-21(24-9-8-17-6-7-18(29-4)14-19(17)22)27-12-10-26(11-13-27)15-20(28)25-16(2)3;/h6-7,14,16H,5,8-13,15H2,1-4H3,(H,23,24)(H,25,28);1H. The van der Waals surface area contributed by atoms with E-state index >= 15 is 0 Å². The highest BCUT2D eigenvalue weighted by molar-refractivity contribution is 14.0. The Balaban J connectivity index is 0.00000450. The zero-order chi connectivity index (χ0) is 21.2. The van der Waals surface area contributed by atoms with Crippen LogP contribution in [0.4, 0.5) is 0 Å². The number of hydrogen-bond acceptors (Lipinski definition) is 4. The molecule has 2 rings (SSSR count). The molecule has 1 aliphatic heterocycles. The number of hydrogen-bond donors (Lipinski definition) is 2. The van der Waals surface area contributed by atoms with Crippen LogP contribution in [0.1, 0.15) is 26.3 Å². The summed E-state index contributed by atoms with van der Waals surface area (Å²) in [7, 11) is 1.63. The highest BCUT2D eigenvalue weighted by atomic mass is 127. The molecule has 1 amide bonds. The van der Waals surface area contributed by atoms with Crippen molar-refractivity contribution in [2.24, 2.45) is 4.99 Å². The summed E-state index contributed by atoms with van der Waals surface area (Å²) in [5, 5.41) is 7.04. The van der Waals surface area contributed by atoms with Gasteiger partial charge in [-0.2, -0.15) is 0 Å². The van der Waals surface area contributed by atoms with E-state index in [2.05, 4.69) is 27.4 Å². The number of halogens is 2. The van der Waals surface area contributed by atoms with Crippen LogP contribution in [0.3, 0.4) is 0 Å². The van der Waals surface area contributed by atoms with Crippen molar-refractivity contribution in [1.82, 2.24) is 20.4 Å². The van der Waals surface area contributed by atoms with Crippen LogP contribution in [0.25, 0.3) is 0 Å². The molecule has 0 spiro atoms. The maximum absolute atomic E-state index is 12.0. The monoisotopic (exact) mass is 551 g/mol. The fraction of sp³-hybridized carbons (Fsp3) is 0.619. The van der Waals surface area contributed by atoms with Gasteiger partial charge in [-0.15, -0.1) is 24.0 Å². The Hall–Kier alpha value is -1.26. The van der Waals surface area contributed by atoms with Crippen LogP contribution in [0.5, 0.6) is 5.75 Å². The van der Waals surface area contributed by atoms with Gasteiger partial charge in [0.25, 0.3) is 0 Å². The molecule has 1 fully saturated rings. The Morgan fingerprint density at radius 1 is 1.27 bits per heavy atom.